The largest absolute Gasteiger partial charge is 0.381 e. The zero-order valence-electron chi connectivity index (χ0n) is 9.84. The summed E-state index contributed by atoms with van der Waals surface area (Å²) in [5, 5.41) is 0. The summed E-state index contributed by atoms with van der Waals surface area (Å²) >= 11 is 0. The predicted molar refractivity (Wildman–Crippen MR) is 62.7 cm³/mol. The third kappa shape index (κ3) is 3.46. The Bertz CT molecular complexity index is 183. The Morgan fingerprint density at radius 1 is 1.13 bits per heavy atom. The molecule has 2 heteroatoms. The van der Waals surface area contributed by atoms with Crippen molar-refractivity contribution in [2.75, 3.05) is 19.8 Å². The molecular formula is C13H25NO. The summed E-state index contributed by atoms with van der Waals surface area (Å²) in [6, 6.07) is 0. The minimum atomic E-state index is 0.503. The maximum absolute atomic E-state index is 5.90. The molecule has 2 rings (SSSR count). The van der Waals surface area contributed by atoms with E-state index in [9.17, 15) is 0 Å². The van der Waals surface area contributed by atoms with Gasteiger partial charge in [-0.2, -0.15) is 0 Å². The average Bonchev–Trinajstić information content (AvgIpc) is 3.00. The topological polar surface area (TPSA) is 35.2 Å². The molecule has 0 saturated heterocycles. The van der Waals surface area contributed by atoms with Crippen molar-refractivity contribution in [2.45, 2.75) is 51.4 Å². The smallest absolute Gasteiger partial charge is 0.0523 e. The maximum Gasteiger partial charge on any atom is 0.0523 e. The molecule has 2 aliphatic carbocycles. The van der Waals surface area contributed by atoms with Crippen LogP contribution in [0.2, 0.25) is 0 Å². The molecule has 0 aromatic rings. The zero-order valence-corrected chi connectivity index (χ0v) is 9.84. The molecule has 2 N–H and O–H groups in total. The van der Waals surface area contributed by atoms with E-state index >= 15 is 0 Å². The first-order valence-electron chi connectivity index (χ1n) is 6.62. The summed E-state index contributed by atoms with van der Waals surface area (Å²) < 4.78 is 5.90. The fraction of sp³-hybridized carbons (Fsp3) is 1.00. The normalized spacial score (nSPS) is 25.4. The summed E-state index contributed by atoms with van der Waals surface area (Å²) in [4.78, 5) is 0. The van der Waals surface area contributed by atoms with Gasteiger partial charge >= 0.3 is 0 Å². The summed E-state index contributed by atoms with van der Waals surface area (Å²) in [5.74, 6) is 0.854. The van der Waals surface area contributed by atoms with Crippen LogP contribution in [-0.4, -0.2) is 19.8 Å². The Labute approximate surface area is 93.6 Å². The third-order valence-electron chi connectivity index (χ3n) is 4.12. The molecule has 0 spiro atoms. The van der Waals surface area contributed by atoms with E-state index in [0.717, 1.165) is 32.1 Å². The van der Waals surface area contributed by atoms with Crippen molar-refractivity contribution in [3.63, 3.8) is 0 Å². The molecule has 2 saturated carbocycles. The highest BCUT2D eigenvalue weighted by molar-refractivity contribution is 4.93. The van der Waals surface area contributed by atoms with Crippen molar-refractivity contribution < 1.29 is 4.74 Å². The lowest BCUT2D eigenvalue weighted by Crippen LogP contribution is -2.19. The van der Waals surface area contributed by atoms with Crippen LogP contribution in [0.25, 0.3) is 0 Å². The van der Waals surface area contributed by atoms with Gasteiger partial charge in [-0.15, -0.1) is 0 Å². The number of ether oxygens (including phenoxy) is 1. The lowest BCUT2D eigenvalue weighted by atomic mass is 9.90. The summed E-state index contributed by atoms with van der Waals surface area (Å²) in [5.41, 5.74) is 6.12. The number of rotatable bonds is 6. The molecule has 2 aliphatic rings. The zero-order chi connectivity index (χ0) is 10.6. The quantitative estimate of drug-likeness (QED) is 0.733. The van der Waals surface area contributed by atoms with E-state index in [0.29, 0.717) is 5.41 Å². The minimum absolute atomic E-state index is 0.503. The van der Waals surface area contributed by atoms with Crippen LogP contribution in [0.5, 0.6) is 0 Å². The van der Waals surface area contributed by atoms with Crippen molar-refractivity contribution in [1.82, 2.24) is 0 Å². The van der Waals surface area contributed by atoms with Crippen molar-refractivity contribution >= 4 is 0 Å². The van der Waals surface area contributed by atoms with Crippen LogP contribution in [0.15, 0.2) is 0 Å². The first kappa shape index (κ1) is 11.4. The fourth-order valence-corrected chi connectivity index (χ4v) is 2.75. The molecule has 0 radical (unpaired) electrons. The van der Waals surface area contributed by atoms with E-state index < -0.39 is 0 Å². The second-order valence-electron chi connectivity index (χ2n) is 5.56. The minimum Gasteiger partial charge on any atom is -0.381 e. The Kier molecular flexibility index (Phi) is 4.04. The van der Waals surface area contributed by atoms with Crippen LogP contribution >= 0.6 is 0 Å². The SMILES string of the molecule is NCCC1(COCC2CCCCC2)CC1. The summed E-state index contributed by atoms with van der Waals surface area (Å²) in [6.45, 7) is 2.81. The lowest BCUT2D eigenvalue weighted by Gasteiger charge is -2.23. The number of hydrogen-bond donors (Lipinski definition) is 1. The van der Waals surface area contributed by atoms with Crippen molar-refractivity contribution in [1.29, 1.82) is 0 Å². The first-order chi connectivity index (χ1) is 7.35. The molecule has 0 aliphatic heterocycles. The van der Waals surface area contributed by atoms with Gasteiger partial charge in [0, 0.05) is 6.61 Å². The lowest BCUT2D eigenvalue weighted by molar-refractivity contribution is 0.0514. The summed E-state index contributed by atoms with van der Waals surface area (Å²) in [7, 11) is 0. The van der Waals surface area contributed by atoms with E-state index in [2.05, 4.69) is 0 Å². The highest BCUT2D eigenvalue weighted by atomic mass is 16.5. The Balaban J connectivity index is 1.58. The van der Waals surface area contributed by atoms with Gasteiger partial charge in [0.2, 0.25) is 0 Å². The fourth-order valence-electron chi connectivity index (χ4n) is 2.75. The second-order valence-corrected chi connectivity index (χ2v) is 5.56. The molecule has 88 valence electrons. The molecule has 0 aromatic carbocycles. The van der Waals surface area contributed by atoms with E-state index in [1.807, 2.05) is 0 Å². The Hall–Kier alpha value is -0.0800. The number of nitrogens with two attached hydrogens (primary N) is 1. The van der Waals surface area contributed by atoms with Gasteiger partial charge in [0.25, 0.3) is 0 Å². The van der Waals surface area contributed by atoms with Gasteiger partial charge in [0.15, 0.2) is 0 Å². The molecule has 0 atom stereocenters. The van der Waals surface area contributed by atoms with Crippen molar-refractivity contribution in [3.05, 3.63) is 0 Å². The van der Waals surface area contributed by atoms with Gasteiger partial charge in [0.05, 0.1) is 6.61 Å². The van der Waals surface area contributed by atoms with Crippen LogP contribution in [0.3, 0.4) is 0 Å². The van der Waals surface area contributed by atoms with Crippen LogP contribution in [-0.2, 0) is 4.74 Å². The molecule has 0 bridgehead atoms. The molecule has 15 heavy (non-hydrogen) atoms. The monoisotopic (exact) mass is 211 g/mol. The second kappa shape index (κ2) is 5.31. The molecule has 0 amide bonds. The van der Waals surface area contributed by atoms with Gasteiger partial charge < -0.3 is 10.5 Å². The Morgan fingerprint density at radius 2 is 1.87 bits per heavy atom. The standard InChI is InChI=1S/C13H25NO/c14-9-8-13(6-7-13)11-15-10-12-4-2-1-3-5-12/h12H,1-11,14H2. The van der Waals surface area contributed by atoms with Gasteiger partial charge in [-0.3, -0.25) is 0 Å². The highest BCUT2D eigenvalue weighted by Gasteiger charge is 2.41. The van der Waals surface area contributed by atoms with Crippen molar-refractivity contribution in [3.8, 4) is 0 Å². The molecule has 0 heterocycles. The molecular weight excluding hydrogens is 186 g/mol. The average molecular weight is 211 g/mol. The van der Waals surface area contributed by atoms with Crippen LogP contribution in [0, 0.1) is 11.3 Å². The molecule has 0 unspecified atom stereocenters. The van der Waals surface area contributed by atoms with Gasteiger partial charge in [0.1, 0.15) is 0 Å². The predicted octanol–water partition coefficient (Wildman–Crippen LogP) is 2.71. The van der Waals surface area contributed by atoms with Gasteiger partial charge in [-0.05, 0) is 50.0 Å². The third-order valence-corrected chi connectivity index (χ3v) is 4.12. The molecule has 2 nitrogen and oxygen atoms in total. The van der Waals surface area contributed by atoms with Crippen LogP contribution in [0.4, 0.5) is 0 Å². The molecule has 0 aromatic heterocycles. The molecule has 2 fully saturated rings. The van der Waals surface area contributed by atoms with Gasteiger partial charge in [-0.1, -0.05) is 19.3 Å². The van der Waals surface area contributed by atoms with Gasteiger partial charge in [-0.25, -0.2) is 0 Å². The summed E-state index contributed by atoms with van der Waals surface area (Å²) in [6.07, 6.45) is 10.9. The maximum atomic E-state index is 5.90. The van der Waals surface area contributed by atoms with E-state index in [1.165, 1.54) is 44.9 Å². The van der Waals surface area contributed by atoms with E-state index in [1.54, 1.807) is 0 Å². The Morgan fingerprint density at radius 3 is 2.47 bits per heavy atom. The highest BCUT2D eigenvalue weighted by Crippen LogP contribution is 2.48. The van der Waals surface area contributed by atoms with E-state index in [4.69, 9.17) is 10.5 Å². The number of hydrogen-bond acceptors (Lipinski definition) is 2. The van der Waals surface area contributed by atoms with E-state index in [-0.39, 0.29) is 0 Å². The van der Waals surface area contributed by atoms with Crippen molar-refractivity contribution in [2.24, 2.45) is 17.1 Å². The van der Waals surface area contributed by atoms with Crippen LogP contribution < -0.4 is 5.73 Å². The first-order valence-corrected chi connectivity index (χ1v) is 6.62. The van der Waals surface area contributed by atoms with Crippen LogP contribution in [0.1, 0.15) is 51.4 Å².